The number of benzene rings is 1. The summed E-state index contributed by atoms with van der Waals surface area (Å²) >= 11 is -1.65. The molecule has 4 heteroatoms. The van der Waals surface area contributed by atoms with Crippen LogP contribution in [-0.2, 0) is 0 Å². The normalized spacial score (nSPS) is 9.67. The van der Waals surface area contributed by atoms with Crippen molar-refractivity contribution in [3.63, 3.8) is 0 Å². The van der Waals surface area contributed by atoms with Gasteiger partial charge in [-0.3, -0.25) is 4.98 Å². The molecular weight excluding hydrogens is 201 g/mol. The van der Waals surface area contributed by atoms with Crippen LogP contribution in [0.25, 0.3) is 0 Å². The fourth-order valence-corrected chi connectivity index (χ4v) is 2.61. The standard InChI is InChI=1S/C6H6N.C5H4N.Al.H2N/c7-6-4-2-1-3-5-6;1-2-4-6-5-3-1;;/h1-5,7H;1-4H;;1H2/q-1;;+2;-1. The molecule has 1 aromatic heterocycles. The summed E-state index contributed by atoms with van der Waals surface area (Å²) < 4.78 is 10.4. The van der Waals surface area contributed by atoms with Crippen LogP contribution in [0.5, 0.6) is 0 Å². The number of anilines is 1. The number of nitrogens with one attached hydrogen (secondary N) is 1. The molecule has 3 nitrogen and oxygen atoms in total. The molecule has 0 saturated heterocycles. The number of pyridine rings is 1. The Balaban J connectivity index is 2.08. The van der Waals surface area contributed by atoms with Crippen molar-refractivity contribution in [1.29, 1.82) is 0 Å². The van der Waals surface area contributed by atoms with Crippen molar-refractivity contribution in [2.75, 3.05) is 4.30 Å². The highest BCUT2D eigenvalue weighted by atomic mass is 27.2. The second-order valence-corrected chi connectivity index (χ2v) is 5.08. The lowest BCUT2D eigenvalue weighted by molar-refractivity contribution is 1.37. The van der Waals surface area contributed by atoms with Crippen LogP contribution in [0.15, 0.2) is 54.7 Å². The van der Waals surface area contributed by atoms with Gasteiger partial charge in [-0.1, -0.05) is 30.3 Å². The van der Waals surface area contributed by atoms with Gasteiger partial charge >= 0.3 is 14.6 Å². The first-order valence-electron chi connectivity index (χ1n) is 4.84. The van der Waals surface area contributed by atoms with Gasteiger partial charge in [0.1, 0.15) is 0 Å². The molecule has 0 aliphatic heterocycles. The van der Waals surface area contributed by atoms with Gasteiger partial charge in [-0.25, -0.2) is 0 Å². The molecule has 1 aromatic carbocycles. The highest BCUT2D eigenvalue weighted by Gasteiger charge is 2.18. The van der Waals surface area contributed by atoms with Gasteiger partial charge in [-0.05, 0) is 18.2 Å². The van der Waals surface area contributed by atoms with Gasteiger partial charge in [-0.2, -0.15) is 0 Å². The quantitative estimate of drug-likeness (QED) is 0.743. The molecule has 1 heterocycles. The third kappa shape index (κ3) is 2.80. The molecule has 0 fully saturated rings. The fraction of sp³-hybridized carbons (Fsp3) is 0. The zero-order chi connectivity index (χ0) is 10.5. The number of nitrogens with zero attached hydrogens (tertiary/aromatic N) is 1. The van der Waals surface area contributed by atoms with E-state index in [0.29, 0.717) is 0 Å². The zero-order valence-electron chi connectivity index (χ0n) is 8.30. The maximum absolute atomic E-state index is 6.09. The molecule has 74 valence electrons. The minimum absolute atomic E-state index is 0.973. The maximum Gasteiger partial charge on any atom is 0.584 e. The van der Waals surface area contributed by atoms with Crippen LogP contribution in [-0.4, -0.2) is 19.6 Å². The van der Waals surface area contributed by atoms with Crippen LogP contribution < -0.4 is 13.6 Å². The molecule has 3 N–H and O–H groups in total. The van der Waals surface area contributed by atoms with Crippen LogP contribution in [0.4, 0.5) is 5.69 Å². The van der Waals surface area contributed by atoms with Crippen LogP contribution in [0.3, 0.4) is 0 Å². The summed E-state index contributed by atoms with van der Waals surface area (Å²) in [7, 11) is 0. The fourth-order valence-electron chi connectivity index (χ4n) is 1.35. The van der Waals surface area contributed by atoms with Crippen LogP contribution >= 0.6 is 0 Å². The van der Waals surface area contributed by atoms with Gasteiger partial charge < -0.3 is 9.02 Å². The number of nitrogens with two attached hydrogens (primary N) is 1. The lowest BCUT2D eigenvalue weighted by Gasteiger charge is -2.08. The zero-order valence-corrected chi connectivity index (χ0v) is 9.45. The van der Waals surface area contributed by atoms with E-state index in [4.69, 9.17) is 4.72 Å². The molecule has 0 aliphatic carbocycles. The number of aromatic nitrogens is 1. The second-order valence-electron chi connectivity index (χ2n) is 3.24. The van der Waals surface area contributed by atoms with Gasteiger partial charge in [0.15, 0.2) is 0 Å². The Bertz CT molecular complexity index is 405. The maximum atomic E-state index is 6.09. The average molecular weight is 213 g/mol. The molecule has 2 rings (SSSR count). The van der Waals surface area contributed by atoms with E-state index in [1.165, 1.54) is 0 Å². The van der Waals surface area contributed by atoms with Crippen molar-refractivity contribution >= 4 is 24.8 Å². The molecule has 0 aliphatic rings. The predicted octanol–water partition coefficient (Wildman–Crippen LogP) is 0.848. The van der Waals surface area contributed by atoms with Crippen LogP contribution in [0.1, 0.15) is 0 Å². The Morgan fingerprint density at radius 1 is 1.00 bits per heavy atom. The summed E-state index contributed by atoms with van der Waals surface area (Å²) in [5.74, 6) is 0. The summed E-state index contributed by atoms with van der Waals surface area (Å²) in [6.45, 7) is 0. The van der Waals surface area contributed by atoms with Gasteiger partial charge in [0, 0.05) is 16.4 Å². The third-order valence-electron chi connectivity index (χ3n) is 2.10. The Kier molecular flexibility index (Phi) is 3.36. The molecule has 0 amide bonds. The summed E-state index contributed by atoms with van der Waals surface area (Å²) in [4.78, 5) is 4.25. The van der Waals surface area contributed by atoms with E-state index >= 15 is 0 Å². The summed E-state index contributed by atoms with van der Waals surface area (Å²) in [5, 5.41) is 0. The average Bonchev–Trinajstić information content (AvgIpc) is 2.31. The lowest BCUT2D eigenvalue weighted by Crippen LogP contribution is -2.48. The minimum Gasteiger partial charge on any atom is -0.459 e. The van der Waals surface area contributed by atoms with E-state index in [0.717, 1.165) is 10.2 Å². The molecule has 0 unspecified atom stereocenters. The Labute approximate surface area is 93.8 Å². The molecule has 0 bridgehead atoms. The van der Waals surface area contributed by atoms with E-state index in [9.17, 15) is 0 Å². The van der Waals surface area contributed by atoms with Crippen molar-refractivity contribution in [3.05, 3.63) is 54.7 Å². The van der Waals surface area contributed by atoms with E-state index < -0.39 is 14.6 Å². The second kappa shape index (κ2) is 4.94. The highest BCUT2D eigenvalue weighted by molar-refractivity contribution is 6.72. The van der Waals surface area contributed by atoms with E-state index in [1.54, 1.807) is 6.20 Å². The Morgan fingerprint density at radius 2 is 1.73 bits per heavy atom. The minimum atomic E-state index is -1.65. The first-order valence-corrected chi connectivity index (χ1v) is 6.66. The summed E-state index contributed by atoms with van der Waals surface area (Å²) in [6.07, 6.45) is 1.77. The SMILES string of the molecule is [NH2][Al]([NH]c1ccccc1)[c]1ccccn1. The topological polar surface area (TPSA) is 50.9 Å². The smallest absolute Gasteiger partial charge is 0.459 e. The van der Waals surface area contributed by atoms with Gasteiger partial charge in [0.2, 0.25) is 0 Å². The number of hydrogen-bond donors (Lipinski definition) is 2. The van der Waals surface area contributed by atoms with Crippen molar-refractivity contribution in [3.8, 4) is 0 Å². The first-order chi connectivity index (χ1) is 7.36. The third-order valence-corrected chi connectivity index (χ3v) is 3.73. The monoisotopic (exact) mass is 213 g/mol. The van der Waals surface area contributed by atoms with Crippen LogP contribution in [0, 0.1) is 0 Å². The first kappa shape index (κ1) is 10.2. The van der Waals surface area contributed by atoms with Gasteiger partial charge in [0.05, 0.1) is 0 Å². The van der Waals surface area contributed by atoms with Crippen molar-refractivity contribution in [1.82, 2.24) is 4.98 Å². The van der Waals surface area contributed by atoms with Gasteiger partial charge in [-0.15, -0.1) is 0 Å². The number of para-hydroxylation sites is 1. The molecule has 2 aromatic rings. The summed E-state index contributed by atoms with van der Waals surface area (Å²) in [6, 6.07) is 15.8. The largest absolute Gasteiger partial charge is 0.584 e. The van der Waals surface area contributed by atoms with Gasteiger partial charge in [0.25, 0.3) is 0 Å². The molecule has 0 saturated carbocycles. The van der Waals surface area contributed by atoms with Crippen LogP contribution in [0.2, 0.25) is 0 Å². The Hall–Kier alpha value is -1.34. The van der Waals surface area contributed by atoms with E-state index in [1.807, 2.05) is 48.5 Å². The number of hydrogen-bond acceptors (Lipinski definition) is 3. The van der Waals surface area contributed by atoms with E-state index in [-0.39, 0.29) is 0 Å². The number of rotatable bonds is 3. The molecule has 0 radical (unpaired) electrons. The molecule has 0 atom stereocenters. The Morgan fingerprint density at radius 3 is 2.40 bits per heavy atom. The van der Waals surface area contributed by atoms with Crippen molar-refractivity contribution in [2.24, 2.45) is 4.72 Å². The van der Waals surface area contributed by atoms with E-state index in [2.05, 4.69) is 9.28 Å². The molecule has 15 heavy (non-hydrogen) atoms. The summed E-state index contributed by atoms with van der Waals surface area (Å²) in [5.41, 5.74) is 1.06. The molecule has 0 spiro atoms. The predicted molar refractivity (Wildman–Crippen MR) is 63.9 cm³/mol. The lowest BCUT2D eigenvalue weighted by atomic mass is 10.3. The molecular formula is C11H12AlN3. The highest BCUT2D eigenvalue weighted by Crippen LogP contribution is 2.03. The van der Waals surface area contributed by atoms with Crippen molar-refractivity contribution in [2.45, 2.75) is 0 Å². The van der Waals surface area contributed by atoms with Crippen molar-refractivity contribution < 1.29 is 0 Å².